The van der Waals surface area contributed by atoms with Crippen molar-refractivity contribution in [2.45, 2.75) is 13.0 Å². The summed E-state index contributed by atoms with van der Waals surface area (Å²) in [4.78, 5) is 0. The van der Waals surface area contributed by atoms with E-state index in [0.717, 1.165) is 17.0 Å². The molecule has 3 aromatic carbocycles. The van der Waals surface area contributed by atoms with Crippen LogP contribution in [0.25, 0.3) is 11.5 Å². The van der Waals surface area contributed by atoms with Crippen LogP contribution in [0.15, 0.2) is 77.2 Å². The first kappa shape index (κ1) is 19.9. The van der Waals surface area contributed by atoms with E-state index in [2.05, 4.69) is 15.5 Å². The van der Waals surface area contributed by atoms with Gasteiger partial charge in [-0.25, -0.2) is 4.39 Å². The van der Waals surface area contributed by atoms with E-state index in [1.54, 1.807) is 24.3 Å². The Kier molecular flexibility index (Phi) is 5.95. The summed E-state index contributed by atoms with van der Waals surface area (Å²) in [7, 11) is 0. The van der Waals surface area contributed by atoms with Crippen LogP contribution < -0.4 is 10.1 Å². The first-order chi connectivity index (χ1) is 14.6. The number of benzene rings is 3. The van der Waals surface area contributed by atoms with Crippen LogP contribution in [0.5, 0.6) is 5.75 Å². The lowest BCUT2D eigenvalue weighted by atomic mass is 10.1. The lowest BCUT2D eigenvalue weighted by molar-refractivity contribution is 0.340. The van der Waals surface area contributed by atoms with Gasteiger partial charge >= 0.3 is 0 Å². The van der Waals surface area contributed by atoms with Crippen molar-refractivity contribution in [3.05, 3.63) is 95.1 Å². The Labute approximate surface area is 178 Å². The Bertz CT molecular complexity index is 1110. The zero-order chi connectivity index (χ0) is 20.9. The van der Waals surface area contributed by atoms with E-state index in [-0.39, 0.29) is 11.7 Å². The van der Waals surface area contributed by atoms with E-state index in [1.165, 1.54) is 12.1 Å². The third kappa shape index (κ3) is 4.60. The molecule has 0 saturated carbocycles. The number of nitrogens with zero attached hydrogens (tertiary/aromatic N) is 2. The minimum absolute atomic E-state index is 0.247. The monoisotopic (exact) mass is 423 g/mol. The molecule has 1 N–H and O–H groups in total. The molecule has 0 spiro atoms. The highest BCUT2D eigenvalue weighted by Crippen LogP contribution is 2.30. The molecule has 0 fully saturated rings. The van der Waals surface area contributed by atoms with Gasteiger partial charge in [-0.1, -0.05) is 29.8 Å². The SMILES string of the molecule is CCOc1ccc(N[C@@H](c2ccc(Cl)cc2)c2nnc(-c3cccc(F)c3)o2)cc1. The van der Waals surface area contributed by atoms with Crippen molar-refractivity contribution in [1.82, 2.24) is 10.2 Å². The van der Waals surface area contributed by atoms with Gasteiger partial charge in [-0.2, -0.15) is 0 Å². The molecule has 0 unspecified atom stereocenters. The number of hydrogen-bond acceptors (Lipinski definition) is 5. The molecule has 0 aliphatic rings. The van der Waals surface area contributed by atoms with E-state index in [4.69, 9.17) is 20.8 Å². The number of rotatable bonds is 7. The van der Waals surface area contributed by atoms with Crippen LogP contribution in [0.2, 0.25) is 5.02 Å². The smallest absolute Gasteiger partial charge is 0.247 e. The number of halogens is 2. The number of ether oxygens (including phenoxy) is 1. The van der Waals surface area contributed by atoms with Gasteiger partial charge in [0.15, 0.2) is 0 Å². The second-order valence-corrected chi connectivity index (χ2v) is 6.98. The summed E-state index contributed by atoms with van der Waals surface area (Å²) < 4.78 is 25.0. The Balaban J connectivity index is 1.66. The molecule has 30 heavy (non-hydrogen) atoms. The summed E-state index contributed by atoms with van der Waals surface area (Å²) >= 11 is 6.05. The average molecular weight is 424 g/mol. The first-order valence-electron chi connectivity index (χ1n) is 9.46. The number of hydrogen-bond donors (Lipinski definition) is 1. The molecular formula is C23H19ClFN3O2. The fourth-order valence-electron chi connectivity index (χ4n) is 3.01. The van der Waals surface area contributed by atoms with E-state index >= 15 is 0 Å². The molecule has 0 saturated heterocycles. The molecule has 1 atom stereocenters. The highest BCUT2D eigenvalue weighted by molar-refractivity contribution is 6.30. The quantitative estimate of drug-likeness (QED) is 0.387. The molecule has 0 bridgehead atoms. The summed E-state index contributed by atoms with van der Waals surface area (Å²) in [6.07, 6.45) is 0. The molecular weight excluding hydrogens is 405 g/mol. The van der Waals surface area contributed by atoms with E-state index < -0.39 is 6.04 Å². The largest absolute Gasteiger partial charge is 0.494 e. The van der Waals surface area contributed by atoms with Gasteiger partial charge in [-0.05, 0) is 67.1 Å². The van der Waals surface area contributed by atoms with Gasteiger partial charge < -0.3 is 14.5 Å². The summed E-state index contributed by atoms with van der Waals surface area (Å²) in [5, 5.41) is 12.3. The van der Waals surface area contributed by atoms with Gasteiger partial charge in [-0.3, -0.25) is 0 Å². The van der Waals surface area contributed by atoms with E-state index in [0.29, 0.717) is 23.1 Å². The van der Waals surface area contributed by atoms with Crippen LogP contribution in [0.1, 0.15) is 24.4 Å². The maximum atomic E-state index is 13.6. The summed E-state index contributed by atoms with van der Waals surface area (Å²) in [5.41, 5.74) is 2.26. The molecule has 7 heteroatoms. The lowest BCUT2D eigenvalue weighted by Gasteiger charge is -2.17. The first-order valence-corrected chi connectivity index (χ1v) is 9.84. The molecule has 4 rings (SSSR count). The summed E-state index contributed by atoms with van der Waals surface area (Å²) in [6.45, 7) is 2.54. The van der Waals surface area contributed by atoms with Crippen LogP contribution >= 0.6 is 11.6 Å². The standard InChI is InChI=1S/C23H19ClFN3O2/c1-2-29-20-12-10-19(11-13-20)26-21(15-6-8-17(24)9-7-15)23-28-27-22(30-23)16-4-3-5-18(25)14-16/h3-14,21,26H,2H2,1H3/t21-/m0/s1. The van der Waals surface area contributed by atoms with E-state index in [9.17, 15) is 4.39 Å². The highest BCUT2D eigenvalue weighted by Gasteiger charge is 2.22. The van der Waals surface area contributed by atoms with Crippen molar-refractivity contribution in [1.29, 1.82) is 0 Å². The fourth-order valence-corrected chi connectivity index (χ4v) is 3.14. The predicted molar refractivity (Wildman–Crippen MR) is 114 cm³/mol. The second-order valence-electron chi connectivity index (χ2n) is 6.54. The van der Waals surface area contributed by atoms with Gasteiger partial charge in [0.2, 0.25) is 11.8 Å². The fraction of sp³-hybridized carbons (Fsp3) is 0.130. The van der Waals surface area contributed by atoms with Gasteiger partial charge in [0.25, 0.3) is 0 Å². The van der Waals surface area contributed by atoms with Crippen LogP contribution in [0.4, 0.5) is 10.1 Å². The highest BCUT2D eigenvalue weighted by atomic mass is 35.5. The van der Waals surface area contributed by atoms with Crippen molar-refractivity contribution in [2.75, 3.05) is 11.9 Å². The van der Waals surface area contributed by atoms with Crippen LogP contribution in [0, 0.1) is 5.82 Å². The third-order valence-corrected chi connectivity index (χ3v) is 4.69. The molecule has 0 aliphatic carbocycles. The molecule has 1 aromatic heterocycles. The van der Waals surface area contributed by atoms with Gasteiger partial charge in [0, 0.05) is 16.3 Å². The van der Waals surface area contributed by atoms with Crippen LogP contribution in [0.3, 0.4) is 0 Å². The summed E-state index contributed by atoms with van der Waals surface area (Å²) in [5.74, 6) is 1.02. The number of nitrogens with one attached hydrogen (secondary N) is 1. The maximum absolute atomic E-state index is 13.6. The number of anilines is 1. The predicted octanol–water partition coefficient (Wildman–Crippen LogP) is 6.13. The minimum Gasteiger partial charge on any atom is -0.494 e. The van der Waals surface area contributed by atoms with Gasteiger partial charge in [0.1, 0.15) is 17.6 Å². The van der Waals surface area contributed by atoms with Crippen LogP contribution in [-0.2, 0) is 0 Å². The Morgan fingerprint density at radius 3 is 2.50 bits per heavy atom. The van der Waals surface area contributed by atoms with Crippen molar-refractivity contribution >= 4 is 17.3 Å². The van der Waals surface area contributed by atoms with Crippen molar-refractivity contribution in [3.63, 3.8) is 0 Å². The molecule has 1 heterocycles. The van der Waals surface area contributed by atoms with Crippen molar-refractivity contribution < 1.29 is 13.5 Å². The topological polar surface area (TPSA) is 60.2 Å². The zero-order valence-electron chi connectivity index (χ0n) is 16.2. The molecule has 0 radical (unpaired) electrons. The second kappa shape index (κ2) is 8.97. The molecule has 4 aromatic rings. The summed E-state index contributed by atoms with van der Waals surface area (Å²) in [6, 6.07) is 20.6. The van der Waals surface area contributed by atoms with Gasteiger partial charge in [0.05, 0.1) is 6.61 Å². The third-order valence-electron chi connectivity index (χ3n) is 4.44. The molecule has 0 amide bonds. The van der Waals surface area contributed by atoms with Crippen molar-refractivity contribution in [3.8, 4) is 17.2 Å². The number of aromatic nitrogens is 2. The van der Waals surface area contributed by atoms with Crippen LogP contribution in [-0.4, -0.2) is 16.8 Å². The Hall–Kier alpha value is -3.38. The Morgan fingerprint density at radius 2 is 1.80 bits per heavy atom. The molecule has 0 aliphatic heterocycles. The molecule has 152 valence electrons. The minimum atomic E-state index is -0.421. The normalized spacial score (nSPS) is 11.8. The van der Waals surface area contributed by atoms with E-state index in [1.807, 2.05) is 43.3 Å². The average Bonchev–Trinajstić information content (AvgIpc) is 3.24. The molecule has 5 nitrogen and oxygen atoms in total. The lowest BCUT2D eigenvalue weighted by Crippen LogP contribution is -2.13. The zero-order valence-corrected chi connectivity index (χ0v) is 16.9. The van der Waals surface area contributed by atoms with Crippen molar-refractivity contribution in [2.24, 2.45) is 0 Å². The van der Waals surface area contributed by atoms with Gasteiger partial charge in [-0.15, -0.1) is 10.2 Å². The maximum Gasteiger partial charge on any atom is 0.247 e. The Morgan fingerprint density at radius 1 is 1.03 bits per heavy atom.